The lowest BCUT2D eigenvalue weighted by atomic mass is 9.76. The SMILES string of the molecule is CS(=O)(=O)CCC(=O)N1CCC[C@@]2(CCC[C@H]2O)C1. The van der Waals surface area contributed by atoms with Crippen molar-refractivity contribution in [1.29, 1.82) is 0 Å². The zero-order chi connectivity index (χ0) is 14.1. The highest BCUT2D eigenvalue weighted by atomic mass is 32.2. The number of aliphatic hydroxyl groups excluding tert-OH is 1. The summed E-state index contributed by atoms with van der Waals surface area (Å²) in [7, 11) is -3.09. The van der Waals surface area contributed by atoms with Crippen LogP contribution in [-0.2, 0) is 14.6 Å². The second-order valence-electron chi connectivity index (χ2n) is 6.07. The lowest BCUT2D eigenvalue weighted by molar-refractivity contribution is -0.136. The third-order valence-corrected chi connectivity index (χ3v) is 5.45. The molecule has 0 aromatic heterocycles. The summed E-state index contributed by atoms with van der Waals surface area (Å²) >= 11 is 0. The van der Waals surface area contributed by atoms with Gasteiger partial charge in [-0.15, -0.1) is 0 Å². The van der Waals surface area contributed by atoms with E-state index >= 15 is 0 Å². The molecule has 0 aromatic rings. The van der Waals surface area contributed by atoms with Crippen molar-refractivity contribution < 1.29 is 18.3 Å². The maximum atomic E-state index is 12.1. The van der Waals surface area contributed by atoms with E-state index < -0.39 is 9.84 Å². The molecule has 1 aliphatic carbocycles. The molecule has 5 nitrogen and oxygen atoms in total. The van der Waals surface area contributed by atoms with E-state index in [2.05, 4.69) is 0 Å². The fourth-order valence-corrected chi connectivity index (χ4v) is 3.95. The summed E-state index contributed by atoms with van der Waals surface area (Å²) in [4.78, 5) is 13.8. The first-order valence-corrected chi connectivity index (χ1v) is 9.02. The average molecular weight is 289 g/mol. The standard InChI is InChI=1S/C13H23NO4S/c1-19(17,18)9-5-12(16)14-8-3-7-13(10-14)6-2-4-11(13)15/h11,15H,2-10H2,1H3/t11-,13+/m1/s1. The molecule has 1 aliphatic heterocycles. The molecule has 0 radical (unpaired) electrons. The maximum absolute atomic E-state index is 12.1. The number of rotatable bonds is 3. The van der Waals surface area contributed by atoms with Gasteiger partial charge in [-0.25, -0.2) is 8.42 Å². The molecule has 2 aliphatic rings. The van der Waals surface area contributed by atoms with Gasteiger partial charge in [0.1, 0.15) is 9.84 Å². The van der Waals surface area contributed by atoms with Gasteiger partial charge in [-0.3, -0.25) is 4.79 Å². The summed E-state index contributed by atoms with van der Waals surface area (Å²) in [5.41, 5.74) is -0.126. The lowest BCUT2D eigenvalue weighted by Gasteiger charge is -2.42. The molecule has 6 heteroatoms. The molecule has 1 saturated heterocycles. The number of sulfone groups is 1. The van der Waals surface area contributed by atoms with Gasteiger partial charge in [-0.05, 0) is 25.7 Å². The minimum atomic E-state index is -3.09. The fraction of sp³-hybridized carbons (Fsp3) is 0.923. The van der Waals surface area contributed by atoms with Crippen LogP contribution in [0.5, 0.6) is 0 Å². The summed E-state index contributed by atoms with van der Waals surface area (Å²) in [5, 5.41) is 10.1. The van der Waals surface area contributed by atoms with Crippen molar-refractivity contribution in [3.05, 3.63) is 0 Å². The van der Waals surface area contributed by atoms with Gasteiger partial charge in [0.05, 0.1) is 11.9 Å². The number of piperidine rings is 1. The monoisotopic (exact) mass is 289 g/mol. The molecule has 19 heavy (non-hydrogen) atoms. The zero-order valence-electron chi connectivity index (χ0n) is 11.5. The summed E-state index contributed by atoms with van der Waals surface area (Å²) in [6, 6.07) is 0. The third-order valence-electron chi connectivity index (χ3n) is 4.51. The first-order valence-electron chi connectivity index (χ1n) is 6.96. The van der Waals surface area contributed by atoms with Gasteiger partial charge in [0.25, 0.3) is 0 Å². The van der Waals surface area contributed by atoms with Crippen LogP contribution in [0.15, 0.2) is 0 Å². The molecule has 1 saturated carbocycles. The molecule has 0 aromatic carbocycles. The number of nitrogens with zero attached hydrogens (tertiary/aromatic N) is 1. The van der Waals surface area contributed by atoms with Crippen LogP contribution in [0.1, 0.15) is 38.5 Å². The van der Waals surface area contributed by atoms with Crippen molar-refractivity contribution in [3.8, 4) is 0 Å². The van der Waals surface area contributed by atoms with Crippen LogP contribution in [0.25, 0.3) is 0 Å². The summed E-state index contributed by atoms with van der Waals surface area (Å²) in [6.45, 7) is 1.29. The van der Waals surface area contributed by atoms with E-state index in [-0.39, 0.29) is 29.6 Å². The molecule has 0 bridgehead atoms. The minimum Gasteiger partial charge on any atom is -0.392 e. The van der Waals surface area contributed by atoms with E-state index in [4.69, 9.17) is 0 Å². The van der Waals surface area contributed by atoms with Crippen LogP contribution in [-0.4, -0.2) is 55.5 Å². The maximum Gasteiger partial charge on any atom is 0.223 e. The van der Waals surface area contributed by atoms with Gasteiger partial charge in [-0.2, -0.15) is 0 Å². The van der Waals surface area contributed by atoms with Crippen molar-refractivity contribution in [2.75, 3.05) is 25.1 Å². The van der Waals surface area contributed by atoms with Crippen molar-refractivity contribution in [1.82, 2.24) is 4.90 Å². The molecule has 2 atom stereocenters. The van der Waals surface area contributed by atoms with Gasteiger partial charge in [-0.1, -0.05) is 6.42 Å². The number of hydrogen-bond acceptors (Lipinski definition) is 4. The second-order valence-corrected chi connectivity index (χ2v) is 8.33. The molecule has 1 heterocycles. The van der Waals surface area contributed by atoms with E-state index in [1.807, 2.05) is 0 Å². The number of carbonyl (C=O) groups is 1. The Bertz CT molecular complexity index is 448. The summed E-state index contributed by atoms with van der Waals surface area (Å²) < 4.78 is 22.2. The molecular weight excluding hydrogens is 266 g/mol. The number of aliphatic hydroxyl groups is 1. The molecule has 0 unspecified atom stereocenters. The number of likely N-dealkylation sites (tertiary alicyclic amines) is 1. The Labute approximate surface area is 114 Å². The molecule has 2 rings (SSSR count). The third kappa shape index (κ3) is 3.48. The Morgan fingerprint density at radius 2 is 2.05 bits per heavy atom. The predicted octanol–water partition coefficient (Wildman–Crippen LogP) is 0.575. The highest BCUT2D eigenvalue weighted by Crippen LogP contribution is 2.45. The van der Waals surface area contributed by atoms with Crippen molar-refractivity contribution in [3.63, 3.8) is 0 Å². The van der Waals surface area contributed by atoms with Gasteiger partial charge < -0.3 is 10.0 Å². The molecule has 110 valence electrons. The van der Waals surface area contributed by atoms with E-state index in [0.717, 1.165) is 38.4 Å². The first-order chi connectivity index (χ1) is 8.82. The first kappa shape index (κ1) is 14.8. The second kappa shape index (κ2) is 5.40. The predicted molar refractivity (Wildman–Crippen MR) is 72.4 cm³/mol. The van der Waals surface area contributed by atoms with Crippen molar-refractivity contribution >= 4 is 15.7 Å². The average Bonchev–Trinajstić information content (AvgIpc) is 2.67. The topological polar surface area (TPSA) is 74.7 Å². The number of hydrogen-bond donors (Lipinski definition) is 1. The van der Waals surface area contributed by atoms with E-state index in [0.29, 0.717) is 13.1 Å². The van der Waals surface area contributed by atoms with Crippen molar-refractivity contribution in [2.45, 2.75) is 44.6 Å². The van der Waals surface area contributed by atoms with Crippen LogP contribution < -0.4 is 0 Å². The van der Waals surface area contributed by atoms with Gasteiger partial charge >= 0.3 is 0 Å². The molecule has 2 fully saturated rings. The van der Waals surface area contributed by atoms with Gasteiger partial charge in [0.15, 0.2) is 0 Å². The van der Waals surface area contributed by atoms with Crippen LogP contribution in [0, 0.1) is 5.41 Å². The summed E-state index contributed by atoms with van der Waals surface area (Å²) in [6.07, 6.45) is 5.61. The Morgan fingerprint density at radius 1 is 1.37 bits per heavy atom. The normalized spacial score (nSPS) is 31.9. The number of amides is 1. The molecular formula is C13H23NO4S. The highest BCUT2D eigenvalue weighted by Gasteiger charge is 2.45. The van der Waals surface area contributed by atoms with Gasteiger partial charge in [0.2, 0.25) is 5.91 Å². The van der Waals surface area contributed by atoms with Crippen LogP contribution in [0.4, 0.5) is 0 Å². The van der Waals surface area contributed by atoms with E-state index in [9.17, 15) is 18.3 Å². The molecule has 1 spiro atoms. The Hall–Kier alpha value is -0.620. The smallest absolute Gasteiger partial charge is 0.223 e. The number of carbonyl (C=O) groups excluding carboxylic acids is 1. The highest BCUT2D eigenvalue weighted by molar-refractivity contribution is 7.90. The van der Waals surface area contributed by atoms with E-state index in [1.165, 1.54) is 0 Å². The quantitative estimate of drug-likeness (QED) is 0.824. The van der Waals surface area contributed by atoms with E-state index in [1.54, 1.807) is 4.90 Å². The van der Waals surface area contributed by atoms with Gasteiger partial charge in [0, 0.05) is 31.2 Å². The van der Waals surface area contributed by atoms with Crippen LogP contribution >= 0.6 is 0 Å². The molecule has 1 amide bonds. The Balaban J connectivity index is 1.96. The Kier molecular flexibility index (Phi) is 4.20. The minimum absolute atomic E-state index is 0.0605. The zero-order valence-corrected chi connectivity index (χ0v) is 12.3. The summed E-state index contributed by atoms with van der Waals surface area (Å²) in [5.74, 6) is -0.179. The lowest BCUT2D eigenvalue weighted by Crippen LogP contribution is -2.49. The van der Waals surface area contributed by atoms with Crippen molar-refractivity contribution in [2.24, 2.45) is 5.41 Å². The largest absolute Gasteiger partial charge is 0.392 e. The van der Waals surface area contributed by atoms with Crippen LogP contribution in [0.2, 0.25) is 0 Å². The Morgan fingerprint density at radius 3 is 2.63 bits per heavy atom. The fourth-order valence-electron chi connectivity index (χ4n) is 3.40. The molecule has 1 N–H and O–H groups in total. The van der Waals surface area contributed by atoms with Crippen LogP contribution in [0.3, 0.4) is 0 Å².